The first-order valence-corrected chi connectivity index (χ1v) is 10.6. The van der Waals surface area contributed by atoms with Gasteiger partial charge in [0.25, 0.3) is 0 Å². The molecule has 0 bridgehead atoms. The molecule has 6 nitrogen and oxygen atoms in total. The van der Waals surface area contributed by atoms with E-state index in [2.05, 4.69) is 11.1 Å². The second-order valence-corrected chi connectivity index (χ2v) is 8.18. The molecule has 0 saturated carbocycles. The highest BCUT2D eigenvalue weighted by Gasteiger charge is 2.23. The van der Waals surface area contributed by atoms with Crippen LogP contribution in [0.2, 0.25) is 0 Å². The van der Waals surface area contributed by atoms with E-state index in [0.717, 1.165) is 27.7 Å². The van der Waals surface area contributed by atoms with E-state index >= 15 is 0 Å². The lowest BCUT2D eigenvalue weighted by atomic mass is 10.1. The van der Waals surface area contributed by atoms with Crippen molar-refractivity contribution < 1.29 is 24.2 Å². The first kappa shape index (κ1) is 23.1. The summed E-state index contributed by atoms with van der Waals surface area (Å²) >= 11 is 0. The van der Waals surface area contributed by atoms with Gasteiger partial charge in [-0.05, 0) is 55.3 Å². The van der Waals surface area contributed by atoms with Crippen LogP contribution in [-0.2, 0) is 16.1 Å². The molecule has 0 radical (unpaired) electrons. The van der Waals surface area contributed by atoms with Crippen LogP contribution in [0.3, 0.4) is 0 Å². The summed E-state index contributed by atoms with van der Waals surface area (Å²) in [4.78, 5) is 23.7. The maximum atomic E-state index is 12.2. The monoisotopic (exact) mass is 435 g/mol. The van der Waals surface area contributed by atoms with Gasteiger partial charge in [0.15, 0.2) is 6.10 Å². The fraction of sp³-hybridized carbons (Fsp3) is 0.308. The number of aryl methyl sites for hydroxylation is 1. The minimum absolute atomic E-state index is 0.151. The maximum Gasteiger partial charge on any atom is 0.345 e. The molecular weight excluding hydrogens is 406 g/mol. The minimum Gasteiger partial charge on any atom is -0.478 e. The fourth-order valence-electron chi connectivity index (χ4n) is 3.72. The third-order valence-electron chi connectivity index (χ3n) is 5.56. The number of nitrogens with zero attached hydrogens (tertiary/aromatic N) is 1. The summed E-state index contributed by atoms with van der Waals surface area (Å²) in [6.45, 7) is 12.1. The summed E-state index contributed by atoms with van der Waals surface area (Å²) in [6.07, 6.45) is 0.640. The van der Waals surface area contributed by atoms with E-state index in [4.69, 9.17) is 9.47 Å². The number of ether oxygens (including phenoxy) is 2. The van der Waals surface area contributed by atoms with Crippen LogP contribution < -0.4 is 4.74 Å². The van der Waals surface area contributed by atoms with Crippen LogP contribution in [0.4, 0.5) is 0 Å². The SMILES string of the molecule is C=CCOC(=O)c1ccc2c(c1)c(C)c(C)n2Cc1cccc(O[C@H](C(=O)O)C(C)C)c1. The Bertz CT molecular complexity index is 1160. The van der Waals surface area contributed by atoms with E-state index < -0.39 is 12.1 Å². The smallest absolute Gasteiger partial charge is 0.345 e. The summed E-state index contributed by atoms with van der Waals surface area (Å²) in [5.41, 5.74) is 4.69. The lowest BCUT2D eigenvalue weighted by molar-refractivity contribution is -0.147. The number of carbonyl (C=O) groups is 2. The topological polar surface area (TPSA) is 77.8 Å². The Morgan fingerprint density at radius 1 is 1.16 bits per heavy atom. The number of carbonyl (C=O) groups excluding carboxylic acids is 1. The number of carboxylic acids is 1. The van der Waals surface area contributed by atoms with Crippen molar-refractivity contribution in [1.29, 1.82) is 0 Å². The van der Waals surface area contributed by atoms with Gasteiger partial charge in [-0.15, -0.1) is 0 Å². The third-order valence-corrected chi connectivity index (χ3v) is 5.56. The molecule has 0 fully saturated rings. The lowest BCUT2D eigenvalue weighted by Crippen LogP contribution is -2.32. The van der Waals surface area contributed by atoms with Gasteiger partial charge in [-0.3, -0.25) is 0 Å². The van der Waals surface area contributed by atoms with Crippen LogP contribution in [0.25, 0.3) is 10.9 Å². The van der Waals surface area contributed by atoms with Crippen LogP contribution in [0.1, 0.15) is 41.0 Å². The van der Waals surface area contributed by atoms with Crippen LogP contribution in [0, 0.1) is 19.8 Å². The van der Waals surface area contributed by atoms with E-state index in [9.17, 15) is 14.7 Å². The van der Waals surface area contributed by atoms with Crippen LogP contribution in [-0.4, -0.2) is 34.3 Å². The number of aromatic nitrogens is 1. The molecule has 1 N–H and O–H groups in total. The van der Waals surface area contributed by atoms with Crippen LogP contribution >= 0.6 is 0 Å². The molecule has 0 unspecified atom stereocenters. The number of hydrogen-bond acceptors (Lipinski definition) is 4. The van der Waals surface area contributed by atoms with Crippen molar-refractivity contribution in [2.45, 2.75) is 40.3 Å². The molecule has 0 amide bonds. The Kier molecular flexibility index (Phi) is 7.03. The molecule has 0 aliphatic carbocycles. The second kappa shape index (κ2) is 9.73. The second-order valence-electron chi connectivity index (χ2n) is 8.18. The lowest BCUT2D eigenvalue weighted by Gasteiger charge is -2.19. The van der Waals surface area contributed by atoms with E-state index in [0.29, 0.717) is 17.9 Å². The molecule has 0 aliphatic heterocycles. The molecule has 32 heavy (non-hydrogen) atoms. The largest absolute Gasteiger partial charge is 0.478 e. The van der Waals surface area contributed by atoms with Crippen molar-refractivity contribution in [3.8, 4) is 5.75 Å². The Labute approximate surface area is 188 Å². The Morgan fingerprint density at radius 2 is 1.91 bits per heavy atom. The highest BCUT2D eigenvalue weighted by Crippen LogP contribution is 2.28. The molecule has 1 heterocycles. The molecule has 168 valence electrons. The molecule has 6 heteroatoms. The Morgan fingerprint density at radius 3 is 2.56 bits per heavy atom. The molecular formula is C26H29NO5. The summed E-state index contributed by atoms with van der Waals surface area (Å²) in [5.74, 6) is -0.973. The van der Waals surface area contributed by atoms with Gasteiger partial charge < -0.3 is 19.1 Å². The maximum absolute atomic E-state index is 12.2. The van der Waals surface area contributed by atoms with Gasteiger partial charge in [0.1, 0.15) is 12.4 Å². The van der Waals surface area contributed by atoms with Gasteiger partial charge in [0, 0.05) is 29.1 Å². The number of benzene rings is 2. The summed E-state index contributed by atoms with van der Waals surface area (Å²) < 4.78 is 13.1. The highest BCUT2D eigenvalue weighted by molar-refractivity contribution is 5.96. The third kappa shape index (κ3) is 4.85. The number of carboxylic acid groups (broad SMARTS) is 1. The van der Waals surface area contributed by atoms with Gasteiger partial charge >= 0.3 is 11.9 Å². The highest BCUT2D eigenvalue weighted by atomic mass is 16.5. The molecule has 3 rings (SSSR count). The molecule has 0 saturated heterocycles. The zero-order valence-corrected chi connectivity index (χ0v) is 18.9. The standard InChI is InChI=1S/C26H29NO5/c1-6-12-31-26(30)20-10-11-23-22(14-20)17(4)18(5)27(23)15-19-8-7-9-21(13-19)32-24(16(2)3)25(28)29/h6-11,13-14,16,24H,1,12,15H2,2-5H3,(H,28,29)/t24-/m0/s1. The Hall–Kier alpha value is -3.54. The number of esters is 1. The summed E-state index contributed by atoms with van der Waals surface area (Å²) in [6, 6.07) is 13.1. The van der Waals surface area contributed by atoms with E-state index in [1.54, 1.807) is 18.2 Å². The van der Waals surface area contributed by atoms with Crippen molar-refractivity contribution in [2.24, 2.45) is 5.92 Å². The van der Waals surface area contributed by atoms with Crippen molar-refractivity contribution >= 4 is 22.8 Å². The van der Waals surface area contributed by atoms with Crippen LogP contribution in [0.15, 0.2) is 55.1 Å². The zero-order valence-electron chi connectivity index (χ0n) is 18.9. The normalized spacial score (nSPS) is 12.0. The van der Waals surface area contributed by atoms with Crippen molar-refractivity contribution in [1.82, 2.24) is 4.57 Å². The van der Waals surface area contributed by atoms with E-state index in [-0.39, 0.29) is 18.5 Å². The summed E-state index contributed by atoms with van der Waals surface area (Å²) in [5, 5.41) is 10.4. The predicted molar refractivity (Wildman–Crippen MR) is 124 cm³/mol. The quantitative estimate of drug-likeness (QED) is 0.372. The van der Waals surface area contributed by atoms with Gasteiger partial charge in [0.2, 0.25) is 0 Å². The van der Waals surface area contributed by atoms with Crippen molar-refractivity contribution in [3.05, 3.63) is 77.5 Å². The number of rotatable bonds is 9. The number of hydrogen-bond donors (Lipinski definition) is 1. The molecule has 3 aromatic rings. The average molecular weight is 436 g/mol. The van der Waals surface area contributed by atoms with Crippen molar-refractivity contribution in [3.63, 3.8) is 0 Å². The van der Waals surface area contributed by atoms with Gasteiger partial charge in [0.05, 0.1) is 5.56 Å². The van der Waals surface area contributed by atoms with Crippen LogP contribution in [0.5, 0.6) is 5.75 Å². The number of aliphatic carboxylic acids is 1. The minimum atomic E-state index is -0.976. The van der Waals surface area contributed by atoms with E-state index in [1.165, 1.54) is 0 Å². The predicted octanol–water partition coefficient (Wildman–Crippen LogP) is 5.14. The summed E-state index contributed by atoms with van der Waals surface area (Å²) in [7, 11) is 0. The average Bonchev–Trinajstić information content (AvgIpc) is 3.00. The molecule has 1 aromatic heterocycles. The van der Waals surface area contributed by atoms with Crippen molar-refractivity contribution in [2.75, 3.05) is 6.61 Å². The van der Waals surface area contributed by atoms with E-state index in [1.807, 2.05) is 58.0 Å². The molecule has 0 aliphatic rings. The molecule has 1 atom stereocenters. The number of fused-ring (bicyclic) bond motifs is 1. The Balaban J connectivity index is 1.91. The fourth-order valence-corrected chi connectivity index (χ4v) is 3.72. The molecule has 0 spiro atoms. The van der Waals surface area contributed by atoms with Gasteiger partial charge in [-0.1, -0.05) is 38.6 Å². The zero-order chi connectivity index (χ0) is 23.4. The molecule has 2 aromatic carbocycles. The first-order chi connectivity index (χ1) is 15.2. The van der Waals surface area contributed by atoms with Gasteiger partial charge in [-0.2, -0.15) is 0 Å². The first-order valence-electron chi connectivity index (χ1n) is 10.6. The van der Waals surface area contributed by atoms with Gasteiger partial charge in [-0.25, -0.2) is 9.59 Å².